The average molecular weight is 462 g/mol. The molecule has 0 bridgehead atoms. The molecule has 2 N–H and O–H groups in total. The van der Waals surface area contributed by atoms with Crippen LogP contribution in [0.3, 0.4) is 0 Å². The Hall–Kier alpha value is -0.500. The van der Waals surface area contributed by atoms with Gasteiger partial charge in [0.15, 0.2) is 5.96 Å². The fourth-order valence-corrected chi connectivity index (χ4v) is 3.90. The summed E-state index contributed by atoms with van der Waals surface area (Å²) in [6.45, 7) is 5.94. The summed E-state index contributed by atoms with van der Waals surface area (Å²) in [7, 11) is 0. The molecule has 1 aliphatic carbocycles. The highest BCUT2D eigenvalue weighted by molar-refractivity contribution is 14.0. The Morgan fingerprint density at radius 3 is 2.96 bits per heavy atom. The smallest absolute Gasteiger partial charge is 0.191 e. The predicted molar refractivity (Wildman–Crippen MR) is 117 cm³/mol. The molecular weight excluding hydrogens is 431 g/mol. The summed E-state index contributed by atoms with van der Waals surface area (Å²) >= 11 is 2.00. The Morgan fingerprint density at radius 2 is 2.25 bits per heavy atom. The molecule has 0 spiro atoms. The summed E-state index contributed by atoms with van der Waals surface area (Å²) in [5.74, 6) is 0.964. The minimum Gasteiger partial charge on any atom is -0.357 e. The monoisotopic (exact) mass is 462 g/mol. The average Bonchev–Trinajstić information content (AvgIpc) is 2.57. The predicted octanol–water partition coefficient (Wildman–Crippen LogP) is 3.78. The van der Waals surface area contributed by atoms with Gasteiger partial charge in [-0.2, -0.15) is 11.8 Å². The molecule has 1 aliphatic rings. The minimum atomic E-state index is 0. The van der Waals surface area contributed by atoms with Crippen LogP contribution in [0.25, 0.3) is 0 Å². The van der Waals surface area contributed by atoms with Crippen molar-refractivity contribution < 1.29 is 0 Å². The first-order valence-corrected chi connectivity index (χ1v) is 9.98. The Kier molecular flexibility index (Phi) is 10.7. The van der Waals surface area contributed by atoms with Gasteiger partial charge in [0.25, 0.3) is 0 Å². The molecule has 2 atom stereocenters. The zero-order chi connectivity index (χ0) is 16.5. The van der Waals surface area contributed by atoms with Crippen LogP contribution in [0.4, 0.5) is 0 Å². The fraction of sp³-hybridized carbons (Fsp3) is 0.667. The largest absolute Gasteiger partial charge is 0.357 e. The Morgan fingerprint density at radius 1 is 1.42 bits per heavy atom. The number of thioether (sulfide) groups is 1. The third kappa shape index (κ3) is 7.17. The van der Waals surface area contributed by atoms with E-state index in [9.17, 15) is 0 Å². The second kappa shape index (κ2) is 12.0. The maximum atomic E-state index is 4.76. The molecule has 0 aliphatic heterocycles. The quantitative estimate of drug-likeness (QED) is 0.384. The number of pyridine rings is 1. The van der Waals surface area contributed by atoms with E-state index in [1.54, 1.807) is 0 Å². The number of aliphatic imine (C=N–C) groups is 1. The van der Waals surface area contributed by atoms with Gasteiger partial charge in [0.1, 0.15) is 0 Å². The van der Waals surface area contributed by atoms with Gasteiger partial charge in [-0.25, -0.2) is 0 Å². The number of hydrogen-bond acceptors (Lipinski definition) is 3. The summed E-state index contributed by atoms with van der Waals surface area (Å²) in [4.78, 5) is 8.91. The lowest BCUT2D eigenvalue weighted by Gasteiger charge is -2.29. The molecule has 2 unspecified atom stereocenters. The van der Waals surface area contributed by atoms with Crippen LogP contribution in [-0.4, -0.2) is 41.6 Å². The van der Waals surface area contributed by atoms with Crippen molar-refractivity contribution >= 4 is 41.7 Å². The molecule has 6 heteroatoms. The topological polar surface area (TPSA) is 49.3 Å². The molecule has 24 heavy (non-hydrogen) atoms. The molecule has 0 amide bonds. The van der Waals surface area contributed by atoms with E-state index in [1.807, 2.05) is 24.2 Å². The summed E-state index contributed by atoms with van der Waals surface area (Å²) in [5.41, 5.74) is 2.58. The standard InChI is InChI=1S/C18H30N4S.HI/c1-4-20-18(22-16-6-5-7-17(12-16)23-3)21-11-9-15-8-10-19-13-14(15)2;/h8,10,13,16-17H,4-7,9,11-12H2,1-3H3,(H2,20,21,22);1H. The normalized spacial score (nSPS) is 21.0. The highest BCUT2D eigenvalue weighted by Crippen LogP contribution is 2.26. The van der Waals surface area contributed by atoms with E-state index in [-0.39, 0.29) is 24.0 Å². The van der Waals surface area contributed by atoms with E-state index in [1.165, 1.54) is 36.8 Å². The van der Waals surface area contributed by atoms with Crippen LogP contribution in [0.1, 0.15) is 43.7 Å². The zero-order valence-corrected chi connectivity index (χ0v) is 18.2. The zero-order valence-electron chi connectivity index (χ0n) is 15.0. The lowest BCUT2D eigenvalue weighted by Crippen LogP contribution is -2.45. The number of aromatic nitrogens is 1. The lowest BCUT2D eigenvalue weighted by molar-refractivity contribution is 0.419. The van der Waals surface area contributed by atoms with Gasteiger partial charge in [-0.3, -0.25) is 9.98 Å². The molecule has 1 aromatic heterocycles. The first-order chi connectivity index (χ1) is 11.2. The second-order valence-electron chi connectivity index (χ2n) is 6.18. The number of halogens is 1. The number of hydrogen-bond donors (Lipinski definition) is 2. The minimum absolute atomic E-state index is 0. The van der Waals surface area contributed by atoms with Crippen molar-refractivity contribution in [3.05, 3.63) is 29.6 Å². The third-order valence-corrected chi connectivity index (χ3v) is 5.53. The molecule has 2 rings (SSSR count). The second-order valence-corrected chi connectivity index (χ2v) is 7.32. The SMILES string of the molecule is CCNC(=NCCc1ccncc1C)NC1CCCC(SC)C1.I. The van der Waals surface area contributed by atoms with Crippen LogP contribution in [0.5, 0.6) is 0 Å². The van der Waals surface area contributed by atoms with E-state index in [0.717, 1.165) is 30.7 Å². The summed E-state index contributed by atoms with van der Waals surface area (Å²) in [6.07, 6.45) is 12.1. The lowest BCUT2D eigenvalue weighted by atomic mass is 9.95. The molecular formula is C18H31IN4S. The maximum absolute atomic E-state index is 4.76. The molecule has 4 nitrogen and oxygen atoms in total. The van der Waals surface area contributed by atoms with E-state index < -0.39 is 0 Å². The molecule has 1 aromatic rings. The van der Waals surface area contributed by atoms with Gasteiger partial charge in [-0.05, 0) is 63.0 Å². The van der Waals surface area contributed by atoms with Crippen LogP contribution in [0.2, 0.25) is 0 Å². The van der Waals surface area contributed by atoms with Gasteiger partial charge in [-0.1, -0.05) is 6.42 Å². The van der Waals surface area contributed by atoms with Gasteiger partial charge in [0.2, 0.25) is 0 Å². The molecule has 1 fully saturated rings. The first kappa shape index (κ1) is 21.5. The molecule has 1 saturated carbocycles. The van der Waals surface area contributed by atoms with E-state index in [4.69, 9.17) is 4.99 Å². The maximum Gasteiger partial charge on any atom is 0.191 e. The number of nitrogens with zero attached hydrogens (tertiary/aromatic N) is 2. The van der Waals surface area contributed by atoms with Crippen molar-refractivity contribution in [1.82, 2.24) is 15.6 Å². The Labute approximate surface area is 168 Å². The number of aryl methyl sites for hydroxylation is 1. The Balaban J connectivity index is 0.00000288. The van der Waals surface area contributed by atoms with Gasteiger partial charge in [0, 0.05) is 36.8 Å². The van der Waals surface area contributed by atoms with Gasteiger partial charge >= 0.3 is 0 Å². The summed E-state index contributed by atoms with van der Waals surface area (Å²) in [5, 5.41) is 7.81. The molecule has 0 saturated heterocycles. The highest BCUT2D eigenvalue weighted by atomic mass is 127. The van der Waals surface area contributed by atoms with Crippen molar-refractivity contribution in [2.45, 2.75) is 57.2 Å². The van der Waals surface area contributed by atoms with Crippen molar-refractivity contribution in [3.63, 3.8) is 0 Å². The Bertz CT molecular complexity index is 510. The number of guanidine groups is 1. The molecule has 136 valence electrons. The number of nitrogens with one attached hydrogen (secondary N) is 2. The molecule has 0 aromatic carbocycles. The van der Waals surface area contributed by atoms with E-state index in [2.05, 4.69) is 41.8 Å². The molecule has 0 radical (unpaired) electrons. The summed E-state index contributed by atoms with van der Waals surface area (Å²) in [6, 6.07) is 2.65. The van der Waals surface area contributed by atoms with Crippen molar-refractivity contribution in [2.24, 2.45) is 4.99 Å². The van der Waals surface area contributed by atoms with E-state index in [0.29, 0.717) is 6.04 Å². The van der Waals surface area contributed by atoms with Crippen LogP contribution < -0.4 is 10.6 Å². The van der Waals surface area contributed by atoms with Crippen molar-refractivity contribution in [1.29, 1.82) is 0 Å². The van der Waals surface area contributed by atoms with Crippen molar-refractivity contribution in [3.8, 4) is 0 Å². The van der Waals surface area contributed by atoms with Crippen LogP contribution >= 0.6 is 35.7 Å². The van der Waals surface area contributed by atoms with Crippen LogP contribution in [0.15, 0.2) is 23.5 Å². The van der Waals surface area contributed by atoms with Gasteiger partial charge < -0.3 is 10.6 Å². The van der Waals surface area contributed by atoms with Gasteiger partial charge in [0.05, 0.1) is 0 Å². The number of rotatable bonds is 6. The van der Waals surface area contributed by atoms with Crippen LogP contribution in [0, 0.1) is 6.92 Å². The highest BCUT2D eigenvalue weighted by Gasteiger charge is 2.21. The van der Waals surface area contributed by atoms with Crippen molar-refractivity contribution in [2.75, 3.05) is 19.3 Å². The first-order valence-electron chi connectivity index (χ1n) is 8.70. The van der Waals surface area contributed by atoms with E-state index >= 15 is 0 Å². The van der Waals surface area contributed by atoms with Crippen LogP contribution in [-0.2, 0) is 6.42 Å². The third-order valence-electron chi connectivity index (χ3n) is 4.43. The van der Waals surface area contributed by atoms with Gasteiger partial charge in [-0.15, -0.1) is 24.0 Å². The summed E-state index contributed by atoms with van der Waals surface area (Å²) < 4.78 is 0. The molecule has 1 heterocycles. The fourth-order valence-electron chi connectivity index (χ4n) is 3.07.